The SMILES string of the molecule is COc1ccc2c(c1)=NC(=O)C(=Cc1sc(=S)n(Cc3ccccc3)c1O)C=2. The first-order valence-corrected chi connectivity index (χ1v) is 9.74. The molecule has 0 unspecified atom stereocenters. The highest BCUT2D eigenvalue weighted by atomic mass is 32.1. The molecule has 1 amide bonds. The molecule has 4 rings (SSSR count). The Hall–Kier alpha value is -3.03. The zero-order valence-electron chi connectivity index (χ0n) is 15.0. The highest BCUT2D eigenvalue weighted by molar-refractivity contribution is 7.73. The fraction of sp³-hybridized carbons (Fsp3) is 0.0952. The van der Waals surface area contributed by atoms with Crippen LogP contribution in [0.2, 0.25) is 0 Å². The predicted octanol–water partition coefficient (Wildman–Crippen LogP) is 3.07. The van der Waals surface area contributed by atoms with Crippen LogP contribution in [-0.2, 0) is 11.3 Å². The third kappa shape index (κ3) is 3.54. The number of fused-ring (bicyclic) bond motifs is 1. The number of ether oxygens (including phenoxy) is 1. The quantitative estimate of drug-likeness (QED) is 0.532. The van der Waals surface area contributed by atoms with Crippen molar-refractivity contribution >= 4 is 41.6 Å². The molecule has 0 saturated carbocycles. The molecule has 2 heterocycles. The Kier molecular flexibility index (Phi) is 4.93. The van der Waals surface area contributed by atoms with Crippen LogP contribution >= 0.6 is 23.6 Å². The molecular weight excluding hydrogens is 392 g/mol. The molecule has 0 fully saturated rings. The van der Waals surface area contributed by atoms with Gasteiger partial charge in [-0.25, -0.2) is 4.99 Å². The van der Waals surface area contributed by atoms with Gasteiger partial charge < -0.3 is 9.84 Å². The Morgan fingerprint density at radius 1 is 1.25 bits per heavy atom. The second-order valence-corrected chi connectivity index (χ2v) is 7.89. The van der Waals surface area contributed by atoms with E-state index in [2.05, 4.69) is 4.99 Å². The molecule has 0 saturated heterocycles. The molecule has 1 aromatic heterocycles. The summed E-state index contributed by atoms with van der Waals surface area (Å²) in [5, 5.41) is 12.0. The van der Waals surface area contributed by atoms with Crippen molar-refractivity contribution in [3.63, 3.8) is 0 Å². The minimum absolute atomic E-state index is 0.0491. The van der Waals surface area contributed by atoms with Gasteiger partial charge in [-0.15, -0.1) is 11.3 Å². The summed E-state index contributed by atoms with van der Waals surface area (Å²) in [7, 11) is 1.57. The summed E-state index contributed by atoms with van der Waals surface area (Å²) in [6, 6.07) is 15.1. The predicted molar refractivity (Wildman–Crippen MR) is 112 cm³/mol. The number of carbonyl (C=O) groups excluding carboxylic acids is 1. The molecule has 0 radical (unpaired) electrons. The first kappa shape index (κ1) is 18.3. The smallest absolute Gasteiger partial charge is 0.277 e. The van der Waals surface area contributed by atoms with Crippen LogP contribution < -0.4 is 15.3 Å². The molecule has 3 aromatic rings. The second-order valence-electron chi connectivity index (χ2n) is 6.21. The molecule has 1 N–H and O–H groups in total. The number of amides is 1. The number of hydrogen-bond donors (Lipinski definition) is 1. The van der Waals surface area contributed by atoms with Crippen LogP contribution in [0.4, 0.5) is 0 Å². The maximum absolute atomic E-state index is 12.4. The van der Waals surface area contributed by atoms with Crippen LogP contribution in [0.3, 0.4) is 0 Å². The number of aromatic hydroxyl groups is 1. The summed E-state index contributed by atoms with van der Waals surface area (Å²) in [5.41, 5.74) is 1.43. The lowest BCUT2D eigenvalue weighted by molar-refractivity contribution is -0.114. The zero-order valence-corrected chi connectivity index (χ0v) is 16.6. The van der Waals surface area contributed by atoms with Gasteiger partial charge in [0.1, 0.15) is 5.75 Å². The van der Waals surface area contributed by atoms with Gasteiger partial charge >= 0.3 is 0 Å². The first-order valence-electron chi connectivity index (χ1n) is 8.52. The van der Waals surface area contributed by atoms with Gasteiger partial charge in [-0.2, -0.15) is 0 Å². The summed E-state index contributed by atoms with van der Waals surface area (Å²) >= 11 is 6.67. The van der Waals surface area contributed by atoms with Crippen molar-refractivity contribution in [2.45, 2.75) is 6.54 Å². The number of rotatable bonds is 4. The summed E-state index contributed by atoms with van der Waals surface area (Å²) in [6.07, 6.45) is 3.39. The average molecular weight is 409 g/mol. The zero-order chi connectivity index (χ0) is 19.7. The Morgan fingerprint density at radius 2 is 2.04 bits per heavy atom. The van der Waals surface area contributed by atoms with E-state index in [1.54, 1.807) is 29.9 Å². The Balaban J connectivity index is 1.73. The maximum Gasteiger partial charge on any atom is 0.277 e. The molecule has 5 nitrogen and oxygen atoms in total. The normalized spacial score (nSPS) is 14.3. The minimum Gasteiger partial charge on any atom is -0.497 e. The lowest BCUT2D eigenvalue weighted by atomic mass is 10.1. The Labute approximate surface area is 170 Å². The van der Waals surface area contributed by atoms with Crippen LogP contribution in [0, 0.1) is 3.95 Å². The number of benzene rings is 2. The lowest BCUT2D eigenvalue weighted by Crippen LogP contribution is -2.30. The molecule has 7 heteroatoms. The van der Waals surface area contributed by atoms with E-state index in [0.717, 1.165) is 10.8 Å². The molecule has 28 heavy (non-hydrogen) atoms. The number of aromatic nitrogens is 1. The standard InChI is InChI=1S/C21H16N2O3S2/c1-26-16-8-7-14-9-15(19(24)22-17(14)11-16)10-18-20(25)23(21(27)28-18)12-13-5-3-2-4-6-13/h2-11,25H,12H2,1H3. The van der Waals surface area contributed by atoms with Crippen molar-refractivity contribution in [1.29, 1.82) is 0 Å². The molecule has 0 atom stereocenters. The number of carbonyl (C=O) groups is 1. The summed E-state index contributed by atoms with van der Waals surface area (Å²) in [6.45, 7) is 0.468. The van der Waals surface area contributed by atoms with Gasteiger partial charge in [0.2, 0.25) is 5.88 Å². The summed E-state index contributed by atoms with van der Waals surface area (Å²) in [4.78, 5) is 17.1. The van der Waals surface area contributed by atoms with E-state index in [4.69, 9.17) is 17.0 Å². The minimum atomic E-state index is -0.367. The van der Waals surface area contributed by atoms with Gasteiger partial charge in [-0.1, -0.05) is 30.3 Å². The Bertz CT molecular complexity index is 1270. The molecule has 0 aliphatic carbocycles. The molecule has 0 spiro atoms. The maximum atomic E-state index is 12.4. The van der Waals surface area contributed by atoms with Gasteiger partial charge in [0, 0.05) is 16.9 Å². The third-order valence-corrected chi connectivity index (χ3v) is 5.77. The highest BCUT2D eigenvalue weighted by Crippen LogP contribution is 2.29. The van der Waals surface area contributed by atoms with E-state index < -0.39 is 0 Å². The number of methoxy groups -OCH3 is 1. The van der Waals surface area contributed by atoms with Gasteiger partial charge in [-0.05, 0) is 42.1 Å². The van der Waals surface area contributed by atoms with E-state index in [1.807, 2.05) is 42.5 Å². The Morgan fingerprint density at radius 3 is 2.79 bits per heavy atom. The largest absolute Gasteiger partial charge is 0.497 e. The van der Waals surface area contributed by atoms with Gasteiger partial charge in [0.05, 0.1) is 23.9 Å². The van der Waals surface area contributed by atoms with Crippen molar-refractivity contribution in [3.05, 3.63) is 79.1 Å². The van der Waals surface area contributed by atoms with Crippen molar-refractivity contribution in [1.82, 2.24) is 4.57 Å². The monoisotopic (exact) mass is 408 g/mol. The van der Waals surface area contributed by atoms with Crippen molar-refractivity contribution in [2.24, 2.45) is 4.99 Å². The fourth-order valence-corrected chi connectivity index (χ4v) is 4.19. The van der Waals surface area contributed by atoms with Crippen LogP contribution in [0.1, 0.15) is 10.4 Å². The fourth-order valence-electron chi connectivity index (χ4n) is 2.93. The average Bonchev–Trinajstić information content (AvgIpc) is 2.96. The number of thiazole rings is 1. The van der Waals surface area contributed by atoms with Gasteiger partial charge in [0.25, 0.3) is 5.91 Å². The lowest BCUT2D eigenvalue weighted by Gasteiger charge is -2.06. The van der Waals surface area contributed by atoms with Gasteiger partial charge in [0.15, 0.2) is 3.95 Å². The van der Waals surface area contributed by atoms with E-state index in [1.165, 1.54) is 11.3 Å². The number of nitrogens with zero attached hydrogens (tertiary/aromatic N) is 2. The highest BCUT2D eigenvalue weighted by Gasteiger charge is 2.15. The first-order chi connectivity index (χ1) is 13.5. The molecular formula is C21H16N2O3S2. The van der Waals surface area contributed by atoms with Crippen molar-refractivity contribution < 1.29 is 14.6 Å². The van der Waals surface area contributed by atoms with Crippen LogP contribution in [0.25, 0.3) is 12.2 Å². The summed E-state index contributed by atoms with van der Waals surface area (Å²) in [5.74, 6) is 0.326. The molecule has 140 valence electrons. The number of hydrogen-bond acceptors (Lipinski definition) is 5. The van der Waals surface area contributed by atoms with Crippen molar-refractivity contribution in [2.75, 3.05) is 7.11 Å². The molecule has 0 bridgehead atoms. The summed E-state index contributed by atoms with van der Waals surface area (Å²) < 4.78 is 7.37. The topological polar surface area (TPSA) is 63.8 Å². The second kappa shape index (κ2) is 7.53. The molecule has 1 aliphatic heterocycles. The molecule has 1 aliphatic rings. The molecule has 2 aromatic carbocycles. The van der Waals surface area contributed by atoms with E-state index >= 15 is 0 Å². The van der Waals surface area contributed by atoms with E-state index in [-0.39, 0.29) is 11.8 Å². The van der Waals surface area contributed by atoms with E-state index in [9.17, 15) is 9.90 Å². The van der Waals surface area contributed by atoms with E-state index in [0.29, 0.717) is 32.1 Å². The van der Waals surface area contributed by atoms with Crippen LogP contribution in [-0.4, -0.2) is 22.7 Å². The van der Waals surface area contributed by atoms with Crippen molar-refractivity contribution in [3.8, 4) is 11.6 Å². The van der Waals surface area contributed by atoms with Crippen LogP contribution in [0.5, 0.6) is 11.6 Å². The van der Waals surface area contributed by atoms with Gasteiger partial charge in [-0.3, -0.25) is 9.36 Å². The third-order valence-electron chi connectivity index (χ3n) is 4.38. The van der Waals surface area contributed by atoms with Crippen LogP contribution in [0.15, 0.2) is 59.1 Å².